The highest BCUT2D eigenvalue weighted by atomic mass is 16.5. The Hall–Kier alpha value is -1.76. The van der Waals surface area contributed by atoms with Crippen LogP contribution in [0, 0.1) is 0 Å². The molecule has 4 heterocycles. The maximum atomic E-state index is 6.41. The van der Waals surface area contributed by atoms with Crippen LogP contribution in [0.3, 0.4) is 0 Å². The first-order valence-electron chi connectivity index (χ1n) is 9.55. The Balaban J connectivity index is 1.36. The number of likely N-dealkylation sites (N-methyl/N-ethyl adjacent to an activating group) is 1. The van der Waals surface area contributed by atoms with Gasteiger partial charge in [-0.25, -0.2) is 4.98 Å². The summed E-state index contributed by atoms with van der Waals surface area (Å²) in [4.78, 5) is 13.6. The number of piperidine rings is 1. The zero-order valence-corrected chi connectivity index (χ0v) is 15.8. The van der Waals surface area contributed by atoms with Gasteiger partial charge in [0.1, 0.15) is 0 Å². The van der Waals surface area contributed by atoms with Gasteiger partial charge in [0.25, 0.3) is 0 Å². The summed E-state index contributed by atoms with van der Waals surface area (Å²) in [6, 6.07) is 6.59. The van der Waals surface area contributed by atoms with E-state index in [9.17, 15) is 0 Å². The summed E-state index contributed by atoms with van der Waals surface area (Å²) < 4.78 is 8.52. The SMILES string of the molecule is CN(Cc1ccccn1)C1COC2(CCCN(Cc3cncn3C)C2)C1. The van der Waals surface area contributed by atoms with Crippen molar-refractivity contribution in [3.05, 3.63) is 48.3 Å². The first-order chi connectivity index (χ1) is 12.6. The second kappa shape index (κ2) is 7.47. The Bertz CT molecular complexity index is 718. The second-order valence-electron chi connectivity index (χ2n) is 7.90. The van der Waals surface area contributed by atoms with Gasteiger partial charge in [-0.15, -0.1) is 0 Å². The fourth-order valence-electron chi connectivity index (χ4n) is 4.36. The molecule has 2 saturated heterocycles. The smallest absolute Gasteiger partial charge is 0.0945 e. The maximum Gasteiger partial charge on any atom is 0.0945 e. The lowest BCUT2D eigenvalue weighted by molar-refractivity contribution is -0.0540. The number of hydrogen-bond donors (Lipinski definition) is 0. The lowest BCUT2D eigenvalue weighted by Crippen LogP contribution is -2.48. The summed E-state index contributed by atoms with van der Waals surface area (Å²) >= 11 is 0. The third kappa shape index (κ3) is 3.82. The molecule has 0 aliphatic carbocycles. The number of imidazole rings is 1. The average Bonchev–Trinajstić information content (AvgIpc) is 3.23. The minimum absolute atomic E-state index is 0.0138. The van der Waals surface area contributed by atoms with Crippen molar-refractivity contribution >= 4 is 0 Å². The normalized spacial score (nSPS) is 26.8. The van der Waals surface area contributed by atoms with E-state index in [0.717, 1.165) is 44.9 Å². The van der Waals surface area contributed by atoms with E-state index in [-0.39, 0.29) is 5.60 Å². The van der Waals surface area contributed by atoms with Crippen LogP contribution in [0.4, 0.5) is 0 Å². The van der Waals surface area contributed by atoms with Gasteiger partial charge in [-0.05, 0) is 45.0 Å². The molecule has 2 aromatic rings. The van der Waals surface area contributed by atoms with Crippen LogP contribution in [0.2, 0.25) is 0 Å². The summed E-state index contributed by atoms with van der Waals surface area (Å²) in [5.41, 5.74) is 2.40. The number of nitrogens with zero attached hydrogens (tertiary/aromatic N) is 5. The molecule has 2 atom stereocenters. The lowest BCUT2D eigenvalue weighted by atomic mass is 9.88. The zero-order chi connectivity index (χ0) is 18.0. The van der Waals surface area contributed by atoms with Crippen LogP contribution < -0.4 is 0 Å². The molecule has 2 aliphatic rings. The molecule has 2 aliphatic heterocycles. The highest BCUT2D eigenvalue weighted by Crippen LogP contribution is 2.36. The summed E-state index contributed by atoms with van der Waals surface area (Å²) in [7, 11) is 4.26. The van der Waals surface area contributed by atoms with Crippen molar-refractivity contribution in [3.63, 3.8) is 0 Å². The van der Waals surface area contributed by atoms with Gasteiger partial charge in [0, 0.05) is 45.1 Å². The molecule has 0 amide bonds. The standard InChI is InChI=1S/C20H29N5O/c1-23(12-17-6-3-4-8-22-17)18-10-20(26-14-18)7-5-9-25(15-20)13-19-11-21-16-24(19)2/h3-4,6,8,11,16,18H,5,7,9-10,12-15H2,1-2H3. The van der Waals surface area contributed by atoms with Crippen LogP contribution in [-0.2, 0) is 24.9 Å². The van der Waals surface area contributed by atoms with E-state index in [2.05, 4.69) is 50.6 Å². The largest absolute Gasteiger partial charge is 0.372 e. The number of pyridine rings is 1. The molecule has 0 saturated carbocycles. The minimum atomic E-state index is 0.0138. The Morgan fingerprint density at radius 1 is 1.38 bits per heavy atom. The molecule has 2 fully saturated rings. The van der Waals surface area contributed by atoms with Gasteiger partial charge in [-0.3, -0.25) is 14.8 Å². The molecule has 0 radical (unpaired) electrons. The highest BCUT2D eigenvalue weighted by Gasteiger charge is 2.44. The molecule has 6 heteroatoms. The molecule has 26 heavy (non-hydrogen) atoms. The van der Waals surface area contributed by atoms with Gasteiger partial charge < -0.3 is 9.30 Å². The first-order valence-corrected chi connectivity index (χ1v) is 9.55. The van der Waals surface area contributed by atoms with E-state index in [1.807, 2.05) is 24.8 Å². The predicted molar refractivity (Wildman–Crippen MR) is 101 cm³/mol. The molecule has 0 aromatic carbocycles. The third-order valence-electron chi connectivity index (χ3n) is 5.87. The number of rotatable bonds is 5. The van der Waals surface area contributed by atoms with Crippen molar-refractivity contribution < 1.29 is 4.74 Å². The molecule has 2 unspecified atom stereocenters. The Labute approximate surface area is 155 Å². The van der Waals surface area contributed by atoms with Crippen LogP contribution in [-0.4, -0.2) is 62.7 Å². The topological polar surface area (TPSA) is 46.4 Å². The molecular formula is C20H29N5O. The van der Waals surface area contributed by atoms with E-state index in [1.54, 1.807) is 0 Å². The van der Waals surface area contributed by atoms with Gasteiger partial charge in [0.15, 0.2) is 0 Å². The monoisotopic (exact) mass is 355 g/mol. The summed E-state index contributed by atoms with van der Waals surface area (Å²) in [6.07, 6.45) is 9.20. The number of aryl methyl sites for hydroxylation is 1. The number of hydrogen-bond acceptors (Lipinski definition) is 5. The van der Waals surface area contributed by atoms with Crippen molar-refractivity contribution in [1.82, 2.24) is 24.3 Å². The molecular weight excluding hydrogens is 326 g/mol. The van der Waals surface area contributed by atoms with Crippen molar-refractivity contribution in [3.8, 4) is 0 Å². The van der Waals surface area contributed by atoms with E-state index in [1.165, 1.54) is 18.5 Å². The summed E-state index contributed by atoms with van der Waals surface area (Å²) in [6.45, 7) is 4.82. The van der Waals surface area contributed by atoms with Gasteiger partial charge in [0.05, 0.1) is 29.9 Å². The first kappa shape index (κ1) is 17.6. The lowest BCUT2D eigenvalue weighted by Gasteiger charge is -2.40. The van der Waals surface area contributed by atoms with Crippen LogP contribution >= 0.6 is 0 Å². The van der Waals surface area contributed by atoms with Crippen molar-refractivity contribution in [2.24, 2.45) is 7.05 Å². The van der Waals surface area contributed by atoms with Crippen LogP contribution in [0.15, 0.2) is 36.9 Å². The molecule has 1 spiro atoms. The van der Waals surface area contributed by atoms with E-state index in [4.69, 9.17) is 4.74 Å². The number of ether oxygens (including phenoxy) is 1. The van der Waals surface area contributed by atoms with Crippen LogP contribution in [0.25, 0.3) is 0 Å². The Morgan fingerprint density at radius 3 is 3.08 bits per heavy atom. The molecule has 0 N–H and O–H groups in total. The Morgan fingerprint density at radius 2 is 2.31 bits per heavy atom. The maximum absolute atomic E-state index is 6.41. The fraction of sp³-hybridized carbons (Fsp3) is 0.600. The highest BCUT2D eigenvalue weighted by molar-refractivity contribution is 5.05. The van der Waals surface area contributed by atoms with E-state index >= 15 is 0 Å². The summed E-state index contributed by atoms with van der Waals surface area (Å²) in [5, 5.41) is 0. The van der Waals surface area contributed by atoms with Gasteiger partial charge in [0.2, 0.25) is 0 Å². The third-order valence-corrected chi connectivity index (χ3v) is 5.87. The van der Waals surface area contributed by atoms with Gasteiger partial charge >= 0.3 is 0 Å². The zero-order valence-electron chi connectivity index (χ0n) is 15.8. The predicted octanol–water partition coefficient (Wildman–Crippen LogP) is 2.07. The number of aromatic nitrogens is 3. The molecule has 140 valence electrons. The van der Waals surface area contributed by atoms with Crippen molar-refractivity contribution in [2.75, 3.05) is 26.7 Å². The fourth-order valence-corrected chi connectivity index (χ4v) is 4.36. The molecule has 6 nitrogen and oxygen atoms in total. The molecule has 0 bridgehead atoms. The van der Waals surface area contributed by atoms with Gasteiger partial charge in [-0.1, -0.05) is 6.07 Å². The molecule has 4 rings (SSSR count). The minimum Gasteiger partial charge on any atom is -0.372 e. The van der Waals surface area contributed by atoms with E-state index in [0.29, 0.717) is 6.04 Å². The molecule has 2 aromatic heterocycles. The quantitative estimate of drug-likeness (QED) is 0.822. The van der Waals surface area contributed by atoms with Gasteiger partial charge in [-0.2, -0.15) is 0 Å². The number of likely N-dealkylation sites (tertiary alicyclic amines) is 1. The van der Waals surface area contributed by atoms with Crippen LogP contribution in [0.1, 0.15) is 30.7 Å². The van der Waals surface area contributed by atoms with E-state index < -0.39 is 0 Å². The van der Waals surface area contributed by atoms with Crippen LogP contribution in [0.5, 0.6) is 0 Å². The average molecular weight is 355 g/mol. The van der Waals surface area contributed by atoms with Crippen molar-refractivity contribution in [2.45, 2.75) is 44.0 Å². The summed E-state index contributed by atoms with van der Waals surface area (Å²) in [5.74, 6) is 0. The van der Waals surface area contributed by atoms with Crippen molar-refractivity contribution in [1.29, 1.82) is 0 Å². The Kier molecular flexibility index (Phi) is 5.07. The second-order valence-corrected chi connectivity index (χ2v) is 7.90.